The minimum atomic E-state index is -0.597. The predicted octanol–water partition coefficient (Wildman–Crippen LogP) is 2.93. The number of nitrogens with zero attached hydrogens (tertiary/aromatic N) is 2. The Labute approximate surface area is 137 Å². The number of carbonyl (C=O) groups is 1. The molecule has 0 aliphatic heterocycles. The standard InChI is InChI=1S/C18H14FN3O2/c1-12-2-6-14(7-3-12)20-18(24)17-16(23)10-11-22(21-17)15-8-4-13(19)5-9-15/h2-11H,1H3,(H,20,24). The molecule has 0 spiro atoms. The number of halogens is 1. The average molecular weight is 323 g/mol. The van der Waals surface area contributed by atoms with Gasteiger partial charge in [0.1, 0.15) is 5.82 Å². The first-order chi connectivity index (χ1) is 11.5. The summed E-state index contributed by atoms with van der Waals surface area (Å²) in [6.45, 7) is 1.94. The molecule has 0 radical (unpaired) electrons. The van der Waals surface area contributed by atoms with Crippen molar-refractivity contribution in [3.63, 3.8) is 0 Å². The summed E-state index contributed by atoms with van der Waals surface area (Å²) in [7, 11) is 0. The summed E-state index contributed by atoms with van der Waals surface area (Å²) < 4.78 is 14.4. The van der Waals surface area contributed by atoms with Crippen LogP contribution in [0, 0.1) is 12.7 Å². The first kappa shape index (κ1) is 15.6. The Morgan fingerprint density at radius 3 is 2.38 bits per heavy atom. The molecule has 120 valence electrons. The van der Waals surface area contributed by atoms with Crippen LogP contribution in [-0.4, -0.2) is 15.7 Å². The average Bonchev–Trinajstić information content (AvgIpc) is 2.58. The van der Waals surface area contributed by atoms with Crippen molar-refractivity contribution in [1.29, 1.82) is 0 Å². The van der Waals surface area contributed by atoms with E-state index >= 15 is 0 Å². The number of carbonyl (C=O) groups excluding carboxylic acids is 1. The largest absolute Gasteiger partial charge is 0.320 e. The molecule has 0 bridgehead atoms. The van der Waals surface area contributed by atoms with Crippen molar-refractivity contribution in [2.45, 2.75) is 6.92 Å². The molecule has 0 unspecified atom stereocenters. The summed E-state index contributed by atoms with van der Waals surface area (Å²) in [4.78, 5) is 24.3. The fraction of sp³-hybridized carbons (Fsp3) is 0.0556. The molecule has 1 aromatic heterocycles. The van der Waals surface area contributed by atoms with Crippen molar-refractivity contribution >= 4 is 11.6 Å². The van der Waals surface area contributed by atoms with Gasteiger partial charge in [0.15, 0.2) is 5.69 Å². The number of anilines is 1. The SMILES string of the molecule is Cc1ccc(NC(=O)c2nn(-c3ccc(F)cc3)ccc2=O)cc1. The second-order valence-corrected chi connectivity index (χ2v) is 5.27. The Kier molecular flexibility index (Phi) is 4.20. The smallest absolute Gasteiger partial charge is 0.280 e. The number of hydrogen-bond acceptors (Lipinski definition) is 3. The third-order valence-electron chi connectivity index (χ3n) is 3.42. The van der Waals surface area contributed by atoms with Crippen LogP contribution in [0.4, 0.5) is 10.1 Å². The van der Waals surface area contributed by atoms with Gasteiger partial charge in [0.05, 0.1) is 5.69 Å². The van der Waals surface area contributed by atoms with Crippen LogP contribution in [0.2, 0.25) is 0 Å². The van der Waals surface area contributed by atoms with Crippen LogP contribution in [0.1, 0.15) is 16.1 Å². The van der Waals surface area contributed by atoms with Crippen LogP contribution < -0.4 is 10.7 Å². The number of aromatic nitrogens is 2. The Morgan fingerprint density at radius 2 is 1.71 bits per heavy atom. The van der Waals surface area contributed by atoms with Gasteiger partial charge in [-0.05, 0) is 43.3 Å². The van der Waals surface area contributed by atoms with Gasteiger partial charge in [-0.15, -0.1) is 0 Å². The number of hydrogen-bond donors (Lipinski definition) is 1. The van der Waals surface area contributed by atoms with E-state index in [1.54, 1.807) is 12.1 Å². The normalized spacial score (nSPS) is 10.4. The van der Waals surface area contributed by atoms with E-state index in [-0.39, 0.29) is 11.5 Å². The molecule has 1 amide bonds. The van der Waals surface area contributed by atoms with Crippen LogP contribution in [0.15, 0.2) is 65.6 Å². The molecular formula is C18H14FN3O2. The van der Waals surface area contributed by atoms with E-state index in [2.05, 4.69) is 10.4 Å². The lowest BCUT2D eigenvalue weighted by molar-refractivity contribution is 0.101. The second-order valence-electron chi connectivity index (χ2n) is 5.27. The first-order valence-corrected chi connectivity index (χ1v) is 7.27. The fourth-order valence-electron chi connectivity index (χ4n) is 2.13. The van der Waals surface area contributed by atoms with E-state index in [4.69, 9.17) is 0 Å². The number of nitrogens with one attached hydrogen (secondary N) is 1. The molecule has 6 heteroatoms. The van der Waals surface area contributed by atoms with Gasteiger partial charge in [0.25, 0.3) is 5.91 Å². The minimum absolute atomic E-state index is 0.234. The molecule has 5 nitrogen and oxygen atoms in total. The molecule has 0 atom stereocenters. The monoisotopic (exact) mass is 323 g/mol. The Morgan fingerprint density at radius 1 is 1.04 bits per heavy atom. The predicted molar refractivity (Wildman–Crippen MR) is 88.9 cm³/mol. The van der Waals surface area contributed by atoms with Gasteiger partial charge in [-0.1, -0.05) is 17.7 Å². The molecule has 0 aliphatic rings. The molecule has 3 rings (SSSR count). The fourth-order valence-corrected chi connectivity index (χ4v) is 2.13. The minimum Gasteiger partial charge on any atom is -0.320 e. The Balaban J connectivity index is 1.91. The van der Waals surface area contributed by atoms with E-state index in [1.165, 1.54) is 41.2 Å². The molecule has 3 aromatic rings. The molecular weight excluding hydrogens is 309 g/mol. The number of rotatable bonds is 3. The summed E-state index contributed by atoms with van der Waals surface area (Å²) in [6.07, 6.45) is 1.43. The molecule has 0 fully saturated rings. The molecule has 0 saturated carbocycles. The summed E-state index contributed by atoms with van der Waals surface area (Å²) in [5, 5.41) is 6.69. The van der Waals surface area contributed by atoms with Gasteiger partial charge in [0.2, 0.25) is 5.43 Å². The topological polar surface area (TPSA) is 64.0 Å². The van der Waals surface area contributed by atoms with E-state index in [1.807, 2.05) is 19.1 Å². The molecule has 2 aromatic carbocycles. The van der Waals surface area contributed by atoms with E-state index in [9.17, 15) is 14.0 Å². The van der Waals surface area contributed by atoms with Crippen LogP contribution in [-0.2, 0) is 0 Å². The maximum absolute atomic E-state index is 13.0. The van der Waals surface area contributed by atoms with E-state index in [0.29, 0.717) is 11.4 Å². The highest BCUT2D eigenvalue weighted by Gasteiger charge is 2.13. The van der Waals surface area contributed by atoms with Crippen molar-refractivity contribution in [3.8, 4) is 5.69 Å². The lowest BCUT2D eigenvalue weighted by Crippen LogP contribution is -2.25. The lowest BCUT2D eigenvalue weighted by Gasteiger charge is -2.08. The summed E-state index contributed by atoms with van der Waals surface area (Å²) >= 11 is 0. The van der Waals surface area contributed by atoms with Gasteiger partial charge in [-0.2, -0.15) is 5.10 Å². The lowest BCUT2D eigenvalue weighted by atomic mass is 10.2. The highest BCUT2D eigenvalue weighted by Crippen LogP contribution is 2.10. The summed E-state index contributed by atoms with van der Waals surface area (Å²) in [5.74, 6) is -0.975. The Bertz CT molecular complexity index is 932. The third kappa shape index (κ3) is 3.38. The van der Waals surface area contributed by atoms with E-state index in [0.717, 1.165) is 5.56 Å². The van der Waals surface area contributed by atoms with Crippen LogP contribution in [0.25, 0.3) is 5.69 Å². The van der Waals surface area contributed by atoms with Gasteiger partial charge < -0.3 is 5.32 Å². The molecule has 1 N–H and O–H groups in total. The Hall–Kier alpha value is -3.28. The van der Waals surface area contributed by atoms with E-state index < -0.39 is 11.3 Å². The van der Waals surface area contributed by atoms with Crippen molar-refractivity contribution in [1.82, 2.24) is 9.78 Å². The van der Waals surface area contributed by atoms with Crippen LogP contribution in [0.3, 0.4) is 0 Å². The highest BCUT2D eigenvalue weighted by molar-refractivity contribution is 6.02. The van der Waals surface area contributed by atoms with Crippen molar-refractivity contribution in [2.24, 2.45) is 0 Å². The molecule has 0 aliphatic carbocycles. The van der Waals surface area contributed by atoms with Gasteiger partial charge >= 0.3 is 0 Å². The molecule has 1 heterocycles. The van der Waals surface area contributed by atoms with Crippen molar-refractivity contribution < 1.29 is 9.18 Å². The maximum atomic E-state index is 13.0. The maximum Gasteiger partial charge on any atom is 0.280 e. The molecule has 0 saturated heterocycles. The van der Waals surface area contributed by atoms with Crippen LogP contribution in [0.5, 0.6) is 0 Å². The van der Waals surface area contributed by atoms with Gasteiger partial charge in [-0.25, -0.2) is 9.07 Å². The zero-order chi connectivity index (χ0) is 17.1. The quantitative estimate of drug-likeness (QED) is 0.806. The number of aryl methyl sites for hydroxylation is 1. The number of amides is 1. The zero-order valence-electron chi connectivity index (χ0n) is 12.9. The van der Waals surface area contributed by atoms with Gasteiger partial charge in [0, 0.05) is 18.0 Å². The molecule has 24 heavy (non-hydrogen) atoms. The zero-order valence-corrected chi connectivity index (χ0v) is 12.9. The number of benzene rings is 2. The van der Waals surface area contributed by atoms with Crippen LogP contribution >= 0.6 is 0 Å². The van der Waals surface area contributed by atoms with Gasteiger partial charge in [-0.3, -0.25) is 9.59 Å². The summed E-state index contributed by atoms with van der Waals surface area (Å²) in [5.41, 5.74) is 1.45. The van der Waals surface area contributed by atoms with Crippen molar-refractivity contribution in [3.05, 3.63) is 88.1 Å². The second kappa shape index (κ2) is 6.45. The first-order valence-electron chi connectivity index (χ1n) is 7.27. The summed E-state index contributed by atoms with van der Waals surface area (Å²) in [6, 6.07) is 14.0. The third-order valence-corrected chi connectivity index (χ3v) is 3.42. The highest BCUT2D eigenvalue weighted by atomic mass is 19.1. The van der Waals surface area contributed by atoms with Crippen molar-refractivity contribution in [2.75, 3.05) is 5.32 Å².